The number of hydrogen-bond donors (Lipinski definition) is 2. The summed E-state index contributed by atoms with van der Waals surface area (Å²) in [5.74, 6) is 0.704. The smallest absolute Gasteiger partial charge is 0.234 e. The van der Waals surface area contributed by atoms with Crippen LogP contribution in [0.2, 0.25) is 0 Å². The fraction of sp³-hybridized carbons (Fsp3) is 0.917. The van der Waals surface area contributed by atoms with Crippen LogP contribution in [0, 0.1) is 5.92 Å². The zero-order valence-electron chi connectivity index (χ0n) is 10.7. The van der Waals surface area contributed by atoms with E-state index in [2.05, 4.69) is 10.2 Å². The van der Waals surface area contributed by atoms with Crippen molar-refractivity contribution in [1.82, 2.24) is 10.2 Å². The highest BCUT2D eigenvalue weighted by Crippen LogP contribution is 2.19. The Labute approximate surface area is 103 Å². The maximum Gasteiger partial charge on any atom is 0.234 e. The van der Waals surface area contributed by atoms with Gasteiger partial charge in [-0.05, 0) is 38.3 Å². The van der Waals surface area contributed by atoms with Crippen molar-refractivity contribution in [2.75, 3.05) is 46.5 Å². The lowest BCUT2D eigenvalue weighted by Crippen LogP contribution is -2.42. The normalized spacial score (nSPS) is 18.2. The Morgan fingerprint density at radius 1 is 1.47 bits per heavy atom. The van der Waals surface area contributed by atoms with Crippen LogP contribution in [0.5, 0.6) is 0 Å². The molecule has 0 atom stereocenters. The van der Waals surface area contributed by atoms with Crippen LogP contribution in [0.3, 0.4) is 0 Å². The number of carbonyl (C=O) groups is 1. The number of hydrogen-bond acceptors (Lipinski definition) is 4. The number of rotatable bonds is 7. The molecule has 1 amide bonds. The molecule has 100 valence electrons. The number of carbonyl (C=O) groups excluding carboxylic acids is 1. The quantitative estimate of drug-likeness (QED) is 0.611. The highest BCUT2D eigenvalue weighted by molar-refractivity contribution is 5.77. The fourth-order valence-corrected chi connectivity index (χ4v) is 2.17. The molecule has 1 saturated heterocycles. The van der Waals surface area contributed by atoms with E-state index < -0.39 is 0 Å². The molecule has 2 N–H and O–H groups in total. The van der Waals surface area contributed by atoms with Gasteiger partial charge in [0.1, 0.15) is 0 Å². The van der Waals surface area contributed by atoms with Gasteiger partial charge in [0.15, 0.2) is 0 Å². The Balaban J connectivity index is 2.10. The predicted molar refractivity (Wildman–Crippen MR) is 65.8 cm³/mol. The summed E-state index contributed by atoms with van der Waals surface area (Å²) in [6.07, 6.45) is 3.08. The summed E-state index contributed by atoms with van der Waals surface area (Å²) >= 11 is 0. The molecule has 5 heteroatoms. The maximum absolute atomic E-state index is 11.5. The summed E-state index contributed by atoms with van der Waals surface area (Å²) in [6.45, 7) is 3.82. The van der Waals surface area contributed by atoms with Gasteiger partial charge in [-0.1, -0.05) is 0 Å². The molecule has 0 aliphatic carbocycles. The Bertz CT molecular complexity index is 216. The zero-order valence-corrected chi connectivity index (χ0v) is 10.7. The third-order valence-electron chi connectivity index (χ3n) is 3.24. The number of piperidine rings is 1. The van der Waals surface area contributed by atoms with E-state index in [1.165, 1.54) is 0 Å². The van der Waals surface area contributed by atoms with Crippen LogP contribution in [-0.4, -0.2) is 62.4 Å². The standard InChI is InChI=1S/C12H24N2O3/c1-17-9-5-13-12(16)10-14-6-2-11(3-7-14)4-8-15/h11,15H,2-10H2,1H3,(H,13,16). The van der Waals surface area contributed by atoms with Gasteiger partial charge in [-0.2, -0.15) is 0 Å². The molecule has 5 nitrogen and oxygen atoms in total. The van der Waals surface area contributed by atoms with Gasteiger partial charge in [-0.25, -0.2) is 0 Å². The van der Waals surface area contributed by atoms with E-state index >= 15 is 0 Å². The molecule has 1 fully saturated rings. The molecule has 17 heavy (non-hydrogen) atoms. The lowest BCUT2D eigenvalue weighted by molar-refractivity contribution is -0.122. The van der Waals surface area contributed by atoms with Crippen molar-refractivity contribution in [2.45, 2.75) is 19.3 Å². The van der Waals surface area contributed by atoms with E-state index in [1.807, 2.05) is 0 Å². The summed E-state index contributed by atoms with van der Waals surface area (Å²) < 4.78 is 4.87. The lowest BCUT2D eigenvalue weighted by atomic mass is 9.94. The van der Waals surface area contributed by atoms with Crippen molar-refractivity contribution >= 4 is 5.91 Å². The van der Waals surface area contributed by atoms with Crippen LogP contribution in [0.1, 0.15) is 19.3 Å². The third-order valence-corrected chi connectivity index (χ3v) is 3.24. The van der Waals surface area contributed by atoms with Crippen molar-refractivity contribution in [3.05, 3.63) is 0 Å². The second kappa shape index (κ2) is 8.44. The molecule has 0 aromatic carbocycles. The number of ether oxygens (including phenoxy) is 1. The van der Waals surface area contributed by atoms with Gasteiger partial charge in [-0.15, -0.1) is 0 Å². The Kier molecular flexibility index (Phi) is 7.16. The number of likely N-dealkylation sites (tertiary alicyclic amines) is 1. The Hall–Kier alpha value is -0.650. The minimum Gasteiger partial charge on any atom is -0.396 e. The minimum absolute atomic E-state index is 0.0719. The summed E-state index contributed by atoms with van der Waals surface area (Å²) in [6, 6.07) is 0. The lowest BCUT2D eigenvalue weighted by Gasteiger charge is -2.31. The zero-order chi connectivity index (χ0) is 12.5. The molecule has 0 bridgehead atoms. The minimum atomic E-state index is 0.0719. The molecule has 1 aliphatic heterocycles. The predicted octanol–water partition coefficient (Wildman–Crippen LogP) is -0.157. The Morgan fingerprint density at radius 2 is 2.18 bits per heavy atom. The fourth-order valence-electron chi connectivity index (χ4n) is 2.17. The van der Waals surface area contributed by atoms with Crippen molar-refractivity contribution in [1.29, 1.82) is 0 Å². The van der Waals surface area contributed by atoms with Crippen LogP contribution in [0.25, 0.3) is 0 Å². The van der Waals surface area contributed by atoms with Gasteiger partial charge in [0.2, 0.25) is 5.91 Å². The molecule has 0 aromatic rings. The third kappa shape index (κ3) is 6.00. The topological polar surface area (TPSA) is 61.8 Å². The van der Waals surface area contributed by atoms with Gasteiger partial charge < -0.3 is 15.2 Å². The largest absolute Gasteiger partial charge is 0.396 e. The maximum atomic E-state index is 11.5. The second-order valence-corrected chi connectivity index (χ2v) is 4.57. The summed E-state index contributed by atoms with van der Waals surface area (Å²) in [4.78, 5) is 13.7. The second-order valence-electron chi connectivity index (χ2n) is 4.57. The van der Waals surface area contributed by atoms with Crippen LogP contribution in [0.15, 0.2) is 0 Å². The van der Waals surface area contributed by atoms with Gasteiger partial charge in [0, 0.05) is 20.3 Å². The van der Waals surface area contributed by atoms with E-state index in [1.54, 1.807) is 7.11 Å². The number of amides is 1. The molecule has 0 unspecified atom stereocenters. The Morgan fingerprint density at radius 3 is 2.76 bits per heavy atom. The molecule has 0 spiro atoms. The molecule has 1 aliphatic rings. The van der Waals surface area contributed by atoms with E-state index in [0.717, 1.165) is 32.4 Å². The summed E-state index contributed by atoms with van der Waals surface area (Å²) in [5, 5.41) is 11.7. The molecule has 0 aromatic heterocycles. The first-order valence-electron chi connectivity index (χ1n) is 6.35. The van der Waals surface area contributed by atoms with Crippen molar-refractivity contribution in [3.63, 3.8) is 0 Å². The van der Waals surface area contributed by atoms with Crippen LogP contribution in [-0.2, 0) is 9.53 Å². The van der Waals surface area contributed by atoms with E-state index in [9.17, 15) is 4.79 Å². The molecule has 1 heterocycles. The SMILES string of the molecule is COCCNC(=O)CN1CCC(CCO)CC1. The number of methoxy groups -OCH3 is 1. The summed E-state index contributed by atoms with van der Waals surface area (Å²) in [5.41, 5.74) is 0. The molecule has 1 rings (SSSR count). The number of aliphatic hydroxyl groups is 1. The van der Waals surface area contributed by atoms with Gasteiger partial charge >= 0.3 is 0 Å². The van der Waals surface area contributed by atoms with Gasteiger partial charge in [0.25, 0.3) is 0 Å². The molecular weight excluding hydrogens is 220 g/mol. The first-order valence-corrected chi connectivity index (χ1v) is 6.35. The average molecular weight is 244 g/mol. The number of aliphatic hydroxyl groups excluding tert-OH is 1. The van der Waals surface area contributed by atoms with Crippen molar-refractivity contribution in [2.24, 2.45) is 5.92 Å². The van der Waals surface area contributed by atoms with Crippen LogP contribution in [0.4, 0.5) is 0 Å². The van der Waals surface area contributed by atoms with Crippen LogP contribution < -0.4 is 5.32 Å². The van der Waals surface area contributed by atoms with Gasteiger partial charge in [-0.3, -0.25) is 9.69 Å². The van der Waals surface area contributed by atoms with Gasteiger partial charge in [0.05, 0.1) is 13.2 Å². The number of nitrogens with zero attached hydrogens (tertiary/aromatic N) is 1. The van der Waals surface area contributed by atoms with E-state index in [0.29, 0.717) is 25.6 Å². The van der Waals surface area contributed by atoms with Crippen LogP contribution >= 0.6 is 0 Å². The highest BCUT2D eigenvalue weighted by Gasteiger charge is 2.20. The molecule has 0 saturated carbocycles. The first kappa shape index (κ1) is 14.4. The monoisotopic (exact) mass is 244 g/mol. The average Bonchev–Trinajstić information content (AvgIpc) is 2.32. The summed E-state index contributed by atoms with van der Waals surface area (Å²) in [7, 11) is 1.62. The van der Waals surface area contributed by atoms with E-state index in [-0.39, 0.29) is 12.5 Å². The number of nitrogens with one attached hydrogen (secondary N) is 1. The van der Waals surface area contributed by atoms with Crippen molar-refractivity contribution < 1.29 is 14.6 Å². The molecular formula is C12H24N2O3. The highest BCUT2D eigenvalue weighted by atomic mass is 16.5. The molecule has 0 radical (unpaired) electrons. The van der Waals surface area contributed by atoms with Crippen molar-refractivity contribution in [3.8, 4) is 0 Å². The first-order chi connectivity index (χ1) is 8.26. The van der Waals surface area contributed by atoms with E-state index in [4.69, 9.17) is 9.84 Å².